The molecule has 8 heteroatoms. The third-order valence-electron chi connectivity index (χ3n) is 4.96. The summed E-state index contributed by atoms with van der Waals surface area (Å²) in [7, 11) is 0. The number of carbonyl (C=O) groups is 2. The standard InChI is InChI=1S/C22H21ClN4O2S/c23-18-8-6-17(7-9-18)20(28)25-22-24-19(15-30-22)21(29)27-12-10-26(11-13-27)14-16-4-2-1-3-5-16/h1-9,15H,10-14H2,(H,24,25,28). The molecule has 154 valence electrons. The molecule has 2 heterocycles. The maximum Gasteiger partial charge on any atom is 0.273 e. The van der Waals surface area contributed by atoms with Gasteiger partial charge in [-0.2, -0.15) is 0 Å². The number of benzene rings is 2. The van der Waals surface area contributed by atoms with E-state index in [0.29, 0.717) is 34.5 Å². The molecule has 0 atom stereocenters. The van der Waals surface area contributed by atoms with Gasteiger partial charge in [-0.15, -0.1) is 11.3 Å². The number of rotatable bonds is 5. The topological polar surface area (TPSA) is 65.5 Å². The van der Waals surface area contributed by atoms with Gasteiger partial charge in [0.1, 0.15) is 5.69 Å². The van der Waals surface area contributed by atoms with Gasteiger partial charge < -0.3 is 4.90 Å². The minimum absolute atomic E-state index is 0.0994. The Kier molecular flexibility index (Phi) is 6.42. The monoisotopic (exact) mass is 440 g/mol. The highest BCUT2D eigenvalue weighted by Gasteiger charge is 2.24. The van der Waals surface area contributed by atoms with Crippen molar-refractivity contribution in [3.63, 3.8) is 0 Å². The molecule has 0 aliphatic carbocycles. The number of halogens is 1. The van der Waals surface area contributed by atoms with Crippen LogP contribution in [0.15, 0.2) is 60.0 Å². The Morgan fingerprint density at radius 3 is 2.40 bits per heavy atom. The van der Waals surface area contributed by atoms with Gasteiger partial charge in [0.2, 0.25) is 0 Å². The van der Waals surface area contributed by atoms with Crippen molar-refractivity contribution >= 4 is 39.9 Å². The minimum Gasteiger partial charge on any atom is -0.335 e. The van der Waals surface area contributed by atoms with Crippen molar-refractivity contribution in [1.29, 1.82) is 0 Å². The van der Waals surface area contributed by atoms with Crippen LogP contribution in [-0.4, -0.2) is 52.8 Å². The van der Waals surface area contributed by atoms with Crippen molar-refractivity contribution in [2.75, 3.05) is 31.5 Å². The number of nitrogens with one attached hydrogen (secondary N) is 1. The van der Waals surface area contributed by atoms with Crippen molar-refractivity contribution in [2.45, 2.75) is 6.54 Å². The molecule has 1 aliphatic rings. The highest BCUT2D eigenvalue weighted by Crippen LogP contribution is 2.19. The number of aromatic nitrogens is 1. The fourth-order valence-electron chi connectivity index (χ4n) is 3.31. The van der Waals surface area contributed by atoms with E-state index in [1.807, 2.05) is 23.1 Å². The highest BCUT2D eigenvalue weighted by molar-refractivity contribution is 7.14. The number of nitrogens with zero attached hydrogens (tertiary/aromatic N) is 3. The van der Waals surface area contributed by atoms with Crippen LogP contribution in [0.4, 0.5) is 5.13 Å². The number of hydrogen-bond donors (Lipinski definition) is 1. The number of anilines is 1. The largest absolute Gasteiger partial charge is 0.335 e. The Labute approximate surface area is 184 Å². The van der Waals surface area contributed by atoms with E-state index in [4.69, 9.17) is 11.6 Å². The highest BCUT2D eigenvalue weighted by atomic mass is 35.5. The van der Waals surface area contributed by atoms with Crippen LogP contribution in [0, 0.1) is 0 Å². The molecular formula is C22H21ClN4O2S. The van der Waals surface area contributed by atoms with Gasteiger partial charge >= 0.3 is 0 Å². The summed E-state index contributed by atoms with van der Waals surface area (Å²) < 4.78 is 0. The molecule has 0 unspecified atom stereocenters. The first-order valence-electron chi connectivity index (χ1n) is 9.66. The average molecular weight is 441 g/mol. The van der Waals surface area contributed by atoms with Gasteiger partial charge in [-0.05, 0) is 29.8 Å². The molecule has 1 N–H and O–H groups in total. The Balaban J connectivity index is 1.31. The van der Waals surface area contributed by atoms with Gasteiger partial charge in [-0.3, -0.25) is 19.8 Å². The average Bonchev–Trinajstić information content (AvgIpc) is 3.23. The lowest BCUT2D eigenvalue weighted by Gasteiger charge is -2.34. The first-order valence-corrected chi connectivity index (χ1v) is 10.9. The zero-order chi connectivity index (χ0) is 20.9. The number of thiazole rings is 1. The summed E-state index contributed by atoms with van der Waals surface area (Å²) in [5, 5.41) is 5.40. The maximum atomic E-state index is 12.8. The fourth-order valence-corrected chi connectivity index (χ4v) is 4.12. The van der Waals surface area contributed by atoms with E-state index in [1.54, 1.807) is 29.6 Å². The van der Waals surface area contributed by atoms with E-state index in [0.717, 1.165) is 19.6 Å². The van der Waals surface area contributed by atoms with Crippen LogP contribution in [-0.2, 0) is 6.54 Å². The van der Waals surface area contributed by atoms with Crippen molar-refractivity contribution in [2.24, 2.45) is 0 Å². The third kappa shape index (κ3) is 5.05. The zero-order valence-corrected chi connectivity index (χ0v) is 17.8. The van der Waals surface area contributed by atoms with Crippen molar-refractivity contribution in [3.8, 4) is 0 Å². The van der Waals surface area contributed by atoms with Crippen LogP contribution >= 0.6 is 22.9 Å². The number of carbonyl (C=O) groups excluding carboxylic acids is 2. The summed E-state index contributed by atoms with van der Waals surface area (Å²) in [6, 6.07) is 16.9. The Morgan fingerprint density at radius 2 is 1.70 bits per heavy atom. The van der Waals surface area contributed by atoms with E-state index in [1.165, 1.54) is 16.9 Å². The predicted octanol–water partition coefficient (Wildman–Crippen LogP) is 4.01. The van der Waals surface area contributed by atoms with Crippen molar-refractivity contribution < 1.29 is 9.59 Å². The molecule has 1 aromatic heterocycles. The Morgan fingerprint density at radius 1 is 1.00 bits per heavy atom. The third-order valence-corrected chi connectivity index (χ3v) is 5.97. The van der Waals surface area contributed by atoms with Crippen LogP contribution < -0.4 is 5.32 Å². The van der Waals surface area contributed by atoms with E-state index in [-0.39, 0.29) is 11.8 Å². The predicted molar refractivity (Wildman–Crippen MR) is 119 cm³/mol. The first kappa shape index (κ1) is 20.5. The molecule has 30 heavy (non-hydrogen) atoms. The van der Waals surface area contributed by atoms with Gasteiger partial charge in [-0.25, -0.2) is 4.98 Å². The van der Waals surface area contributed by atoms with Crippen molar-refractivity contribution in [3.05, 3.63) is 81.8 Å². The van der Waals surface area contributed by atoms with Crippen LogP contribution in [0.2, 0.25) is 5.02 Å². The van der Waals surface area contributed by atoms with Crippen LogP contribution in [0.1, 0.15) is 26.4 Å². The summed E-state index contributed by atoms with van der Waals surface area (Å²) in [5.41, 5.74) is 2.12. The molecule has 3 aromatic rings. The molecule has 1 aliphatic heterocycles. The molecule has 0 radical (unpaired) electrons. The summed E-state index contributed by atoms with van der Waals surface area (Å²) >= 11 is 7.09. The zero-order valence-electron chi connectivity index (χ0n) is 16.3. The molecule has 0 bridgehead atoms. The van der Waals surface area contributed by atoms with Crippen molar-refractivity contribution in [1.82, 2.24) is 14.8 Å². The van der Waals surface area contributed by atoms with E-state index >= 15 is 0 Å². The van der Waals surface area contributed by atoms with E-state index in [2.05, 4.69) is 27.3 Å². The summed E-state index contributed by atoms with van der Waals surface area (Å²) in [5.74, 6) is -0.382. The van der Waals surface area contributed by atoms with Gasteiger partial charge in [0, 0.05) is 48.7 Å². The van der Waals surface area contributed by atoms with Crippen LogP contribution in [0.3, 0.4) is 0 Å². The lowest BCUT2D eigenvalue weighted by atomic mass is 10.2. The van der Waals surface area contributed by atoms with E-state index in [9.17, 15) is 9.59 Å². The first-order chi connectivity index (χ1) is 14.6. The lowest BCUT2D eigenvalue weighted by Crippen LogP contribution is -2.48. The Hall–Kier alpha value is -2.74. The maximum absolute atomic E-state index is 12.8. The molecule has 6 nitrogen and oxygen atoms in total. The van der Waals surface area contributed by atoms with Gasteiger partial charge in [0.05, 0.1) is 0 Å². The molecular weight excluding hydrogens is 420 g/mol. The molecule has 2 amide bonds. The molecule has 1 saturated heterocycles. The molecule has 0 spiro atoms. The quantitative estimate of drug-likeness (QED) is 0.651. The normalized spacial score (nSPS) is 14.5. The van der Waals surface area contributed by atoms with Crippen LogP contribution in [0.5, 0.6) is 0 Å². The summed E-state index contributed by atoms with van der Waals surface area (Å²) in [6.45, 7) is 3.86. The molecule has 2 aromatic carbocycles. The second kappa shape index (κ2) is 9.38. The second-order valence-electron chi connectivity index (χ2n) is 7.05. The summed E-state index contributed by atoms with van der Waals surface area (Å²) in [6.07, 6.45) is 0. The van der Waals surface area contributed by atoms with Crippen LogP contribution in [0.25, 0.3) is 0 Å². The second-order valence-corrected chi connectivity index (χ2v) is 8.35. The van der Waals surface area contributed by atoms with Gasteiger partial charge in [0.15, 0.2) is 5.13 Å². The smallest absolute Gasteiger partial charge is 0.273 e. The summed E-state index contributed by atoms with van der Waals surface area (Å²) in [4.78, 5) is 33.6. The number of amides is 2. The van der Waals surface area contributed by atoms with Gasteiger partial charge in [0.25, 0.3) is 11.8 Å². The SMILES string of the molecule is O=C(Nc1nc(C(=O)N2CCN(Cc3ccccc3)CC2)cs1)c1ccc(Cl)cc1. The molecule has 4 rings (SSSR count). The minimum atomic E-state index is -0.283. The number of hydrogen-bond acceptors (Lipinski definition) is 5. The molecule has 1 fully saturated rings. The lowest BCUT2D eigenvalue weighted by molar-refractivity contribution is 0.0623. The van der Waals surface area contributed by atoms with Gasteiger partial charge in [-0.1, -0.05) is 41.9 Å². The van der Waals surface area contributed by atoms with E-state index < -0.39 is 0 Å². The molecule has 0 saturated carbocycles. The Bertz CT molecular complexity index is 1020. The fraction of sp³-hybridized carbons (Fsp3) is 0.227. The number of piperazine rings is 1.